The zero-order valence-electron chi connectivity index (χ0n) is 17.4. The average Bonchev–Trinajstić information content (AvgIpc) is 3.37. The number of amides is 1. The lowest BCUT2D eigenvalue weighted by molar-refractivity contribution is 0.0342. The number of morpholine rings is 1. The van der Waals surface area contributed by atoms with E-state index in [2.05, 4.69) is 32.3 Å². The monoisotopic (exact) mass is 468 g/mol. The van der Waals surface area contributed by atoms with Gasteiger partial charge in [0.1, 0.15) is 15.7 Å². The van der Waals surface area contributed by atoms with Gasteiger partial charge in [0, 0.05) is 25.2 Å². The Bertz CT molecular complexity index is 1260. The fourth-order valence-corrected chi connectivity index (χ4v) is 5.51. The van der Waals surface area contributed by atoms with E-state index < -0.39 is 0 Å². The van der Waals surface area contributed by atoms with Crippen LogP contribution in [0.3, 0.4) is 0 Å². The topological polar surface area (TPSA) is 67.4 Å². The van der Waals surface area contributed by atoms with Gasteiger partial charge in [0.15, 0.2) is 5.13 Å². The van der Waals surface area contributed by atoms with Crippen molar-refractivity contribution < 1.29 is 13.9 Å². The van der Waals surface area contributed by atoms with Crippen LogP contribution < -0.4 is 5.32 Å². The first-order chi connectivity index (χ1) is 15.5. The summed E-state index contributed by atoms with van der Waals surface area (Å²) in [5, 5.41) is 4.16. The Morgan fingerprint density at radius 2 is 1.91 bits per heavy atom. The van der Waals surface area contributed by atoms with Gasteiger partial charge in [-0.3, -0.25) is 15.0 Å². The van der Waals surface area contributed by atoms with Crippen LogP contribution in [0.25, 0.3) is 20.8 Å². The smallest absolute Gasteiger partial charge is 0.269 e. The maximum atomic E-state index is 13.2. The molecule has 3 heterocycles. The Balaban J connectivity index is 1.31. The van der Waals surface area contributed by atoms with Gasteiger partial charge < -0.3 is 4.74 Å². The second-order valence-electron chi connectivity index (χ2n) is 7.60. The highest BCUT2D eigenvalue weighted by Gasteiger charge is 2.18. The molecule has 0 saturated carbocycles. The molecule has 32 heavy (non-hydrogen) atoms. The molecule has 1 aliphatic rings. The number of halogens is 1. The summed E-state index contributed by atoms with van der Waals surface area (Å²) in [6.45, 7) is 6.11. The van der Waals surface area contributed by atoms with Crippen molar-refractivity contribution in [3.05, 3.63) is 64.4 Å². The molecule has 1 saturated heterocycles. The third-order valence-corrected chi connectivity index (χ3v) is 7.42. The van der Waals surface area contributed by atoms with Gasteiger partial charge in [0.05, 0.1) is 29.1 Å². The maximum absolute atomic E-state index is 13.2. The van der Waals surface area contributed by atoms with E-state index in [4.69, 9.17) is 4.74 Å². The number of hydrogen-bond donors (Lipinski definition) is 1. The minimum absolute atomic E-state index is 0.235. The summed E-state index contributed by atoms with van der Waals surface area (Å²) < 4.78 is 19.6. The molecule has 2 aromatic carbocycles. The molecule has 9 heteroatoms. The largest absolute Gasteiger partial charge is 0.379 e. The third kappa shape index (κ3) is 4.56. The number of thiazole rings is 2. The molecule has 1 aliphatic heterocycles. The Kier molecular flexibility index (Phi) is 5.97. The van der Waals surface area contributed by atoms with Crippen LogP contribution in [0.2, 0.25) is 0 Å². The fourth-order valence-electron chi connectivity index (χ4n) is 3.62. The van der Waals surface area contributed by atoms with E-state index in [9.17, 15) is 9.18 Å². The van der Waals surface area contributed by atoms with Crippen molar-refractivity contribution in [3.8, 4) is 10.6 Å². The SMILES string of the molecule is Cc1nc(-c2ccc(F)cc2)sc1C(=O)Nc1nc2ccc(CN3CCOCC3)cc2s1. The molecular formula is C23H21FN4O2S2. The van der Waals surface area contributed by atoms with Crippen LogP contribution in [-0.4, -0.2) is 47.1 Å². The lowest BCUT2D eigenvalue weighted by atomic mass is 10.2. The van der Waals surface area contributed by atoms with Crippen molar-refractivity contribution in [2.75, 3.05) is 31.6 Å². The number of aryl methyl sites for hydroxylation is 1. The normalized spacial score (nSPS) is 14.7. The van der Waals surface area contributed by atoms with E-state index in [0.717, 1.165) is 48.6 Å². The molecule has 1 amide bonds. The quantitative estimate of drug-likeness (QED) is 0.449. The molecule has 6 nitrogen and oxygen atoms in total. The van der Waals surface area contributed by atoms with Gasteiger partial charge in [-0.15, -0.1) is 11.3 Å². The Labute approximate surface area is 192 Å². The number of carbonyl (C=O) groups is 1. The highest BCUT2D eigenvalue weighted by atomic mass is 32.1. The van der Waals surface area contributed by atoms with Gasteiger partial charge >= 0.3 is 0 Å². The summed E-state index contributed by atoms with van der Waals surface area (Å²) in [5.41, 5.74) is 3.51. The number of rotatable bonds is 5. The van der Waals surface area contributed by atoms with Crippen molar-refractivity contribution in [1.29, 1.82) is 0 Å². The van der Waals surface area contributed by atoms with Crippen molar-refractivity contribution in [2.24, 2.45) is 0 Å². The van der Waals surface area contributed by atoms with E-state index in [0.29, 0.717) is 20.7 Å². The number of benzene rings is 2. The van der Waals surface area contributed by atoms with Gasteiger partial charge in [-0.1, -0.05) is 17.4 Å². The molecule has 0 spiro atoms. The van der Waals surface area contributed by atoms with Crippen LogP contribution in [0.5, 0.6) is 0 Å². The first-order valence-electron chi connectivity index (χ1n) is 10.3. The molecular weight excluding hydrogens is 447 g/mol. The van der Waals surface area contributed by atoms with Crippen LogP contribution in [-0.2, 0) is 11.3 Å². The average molecular weight is 469 g/mol. The molecule has 0 unspecified atom stereocenters. The summed E-state index contributed by atoms with van der Waals surface area (Å²) in [6.07, 6.45) is 0. The van der Waals surface area contributed by atoms with Gasteiger partial charge in [-0.05, 0) is 48.9 Å². The number of nitrogens with one attached hydrogen (secondary N) is 1. The Morgan fingerprint density at radius 3 is 2.69 bits per heavy atom. The predicted octanol–water partition coefficient (Wildman–Crippen LogP) is 4.95. The number of fused-ring (bicyclic) bond motifs is 1. The Hall–Kier alpha value is -2.72. The van der Waals surface area contributed by atoms with Crippen LogP contribution in [0.4, 0.5) is 9.52 Å². The predicted molar refractivity (Wildman–Crippen MR) is 126 cm³/mol. The summed E-state index contributed by atoms with van der Waals surface area (Å²) >= 11 is 2.75. The fraction of sp³-hybridized carbons (Fsp3) is 0.261. The van der Waals surface area contributed by atoms with Crippen molar-refractivity contribution in [3.63, 3.8) is 0 Å². The molecule has 0 aliphatic carbocycles. The summed E-state index contributed by atoms with van der Waals surface area (Å²) in [4.78, 5) is 24.8. The maximum Gasteiger partial charge on any atom is 0.269 e. The van der Waals surface area contributed by atoms with Crippen LogP contribution in [0.15, 0.2) is 42.5 Å². The number of aromatic nitrogens is 2. The molecule has 0 radical (unpaired) electrons. The highest BCUT2D eigenvalue weighted by molar-refractivity contribution is 7.22. The molecule has 5 rings (SSSR count). The van der Waals surface area contributed by atoms with Crippen molar-refractivity contribution in [1.82, 2.24) is 14.9 Å². The number of anilines is 1. The van der Waals surface area contributed by atoms with E-state index in [1.165, 1.54) is 40.4 Å². The van der Waals surface area contributed by atoms with E-state index in [1.807, 2.05) is 6.07 Å². The lowest BCUT2D eigenvalue weighted by Crippen LogP contribution is -2.35. The molecule has 0 atom stereocenters. The number of ether oxygens (including phenoxy) is 1. The lowest BCUT2D eigenvalue weighted by Gasteiger charge is -2.26. The minimum atomic E-state index is -0.302. The van der Waals surface area contributed by atoms with E-state index in [1.54, 1.807) is 19.1 Å². The second-order valence-corrected chi connectivity index (χ2v) is 9.63. The zero-order chi connectivity index (χ0) is 22.1. The molecule has 4 aromatic rings. The molecule has 2 aromatic heterocycles. The number of hydrogen-bond acceptors (Lipinski definition) is 7. The molecule has 1 N–H and O–H groups in total. The number of carbonyl (C=O) groups excluding carboxylic acids is 1. The molecule has 0 bridgehead atoms. The van der Waals surface area contributed by atoms with Crippen molar-refractivity contribution >= 4 is 43.9 Å². The summed E-state index contributed by atoms with van der Waals surface area (Å²) in [5.74, 6) is -0.537. The van der Waals surface area contributed by atoms with Crippen LogP contribution >= 0.6 is 22.7 Å². The van der Waals surface area contributed by atoms with Crippen LogP contribution in [0.1, 0.15) is 20.9 Å². The van der Waals surface area contributed by atoms with Gasteiger partial charge in [-0.2, -0.15) is 0 Å². The summed E-state index contributed by atoms with van der Waals surface area (Å²) in [6, 6.07) is 12.3. The van der Waals surface area contributed by atoms with Gasteiger partial charge in [-0.25, -0.2) is 14.4 Å². The van der Waals surface area contributed by atoms with Crippen molar-refractivity contribution in [2.45, 2.75) is 13.5 Å². The highest BCUT2D eigenvalue weighted by Crippen LogP contribution is 2.31. The molecule has 164 valence electrons. The van der Waals surface area contributed by atoms with E-state index in [-0.39, 0.29) is 11.7 Å². The van der Waals surface area contributed by atoms with Gasteiger partial charge in [0.2, 0.25) is 0 Å². The standard InChI is InChI=1S/C23H21FN4O2S2/c1-14-20(32-22(25-14)16-3-5-17(24)6-4-16)21(29)27-23-26-18-7-2-15(12-19(18)31-23)13-28-8-10-30-11-9-28/h2-7,12H,8-11,13H2,1H3,(H,26,27,29). The second kappa shape index (κ2) is 9.03. The minimum Gasteiger partial charge on any atom is -0.379 e. The molecule has 1 fully saturated rings. The zero-order valence-corrected chi connectivity index (χ0v) is 19.1. The van der Waals surface area contributed by atoms with E-state index >= 15 is 0 Å². The van der Waals surface area contributed by atoms with Crippen LogP contribution in [0, 0.1) is 12.7 Å². The number of nitrogens with zero attached hydrogens (tertiary/aromatic N) is 3. The van der Waals surface area contributed by atoms with Gasteiger partial charge in [0.25, 0.3) is 5.91 Å². The first-order valence-corrected chi connectivity index (χ1v) is 11.9. The first kappa shape index (κ1) is 21.1. The third-order valence-electron chi connectivity index (χ3n) is 5.28. The Morgan fingerprint density at radius 1 is 1.12 bits per heavy atom. The summed E-state index contributed by atoms with van der Waals surface area (Å²) in [7, 11) is 0.